The van der Waals surface area contributed by atoms with Crippen molar-refractivity contribution in [3.8, 4) is 5.75 Å². The number of hydrogen-bond acceptors (Lipinski definition) is 6. The van der Waals surface area contributed by atoms with Gasteiger partial charge in [0.1, 0.15) is 5.75 Å². The average Bonchev–Trinajstić information content (AvgIpc) is 3.73. The molecule has 3 fully saturated rings. The number of amides is 4. The zero-order valence-electron chi connectivity index (χ0n) is 24.6. The number of aromatic hydroxyl groups is 1. The van der Waals surface area contributed by atoms with Crippen molar-refractivity contribution in [2.24, 2.45) is 23.7 Å². The molecule has 46 heavy (non-hydrogen) atoms. The van der Waals surface area contributed by atoms with E-state index in [4.69, 9.17) is 11.6 Å². The molecule has 2 aliphatic heterocycles. The van der Waals surface area contributed by atoms with Gasteiger partial charge in [-0.25, -0.2) is 4.90 Å². The summed E-state index contributed by atoms with van der Waals surface area (Å²) in [6.45, 7) is 0.225. The molecule has 4 amide bonds. The van der Waals surface area contributed by atoms with Gasteiger partial charge in [0.15, 0.2) is 0 Å². The monoisotopic (exact) mass is 648 g/mol. The van der Waals surface area contributed by atoms with E-state index in [0.717, 1.165) is 16.0 Å². The number of phenolic OH excluding ortho intramolecular Hbond substituents is 1. The number of phenols is 1. The van der Waals surface area contributed by atoms with Crippen LogP contribution in [0.25, 0.3) is 0 Å². The van der Waals surface area contributed by atoms with Crippen LogP contribution in [0.1, 0.15) is 34.8 Å². The predicted molar refractivity (Wildman–Crippen MR) is 174 cm³/mol. The van der Waals surface area contributed by atoms with Gasteiger partial charge in [-0.05, 0) is 71.7 Å². The Labute approximate surface area is 274 Å². The Morgan fingerprint density at radius 1 is 0.848 bits per heavy atom. The third-order valence-electron chi connectivity index (χ3n) is 10.4. The van der Waals surface area contributed by atoms with Crippen molar-refractivity contribution in [1.29, 1.82) is 0 Å². The third-order valence-corrected chi connectivity index (χ3v) is 11.5. The van der Waals surface area contributed by atoms with Crippen LogP contribution in [0.5, 0.6) is 5.75 Å². The highest BCUT2D eigenvalue weighted by Gasteiger charge is 2.70. The van der Waals surface area contributed by atoms with Gasteiger partial charge in [0.25, 0.3) is 0 Å². The second kappa shape index (κ2) is 10.8. The van der Waals surface area contributed by atoms with E-state index >= 15 is 4.79 Å². The summed E-state index contributed by atoms with van der Waals surface area (Å²) in [5, 5.41) is 12.6. The molecule has 2 saturated heterocycles. The van der Waals surface area contributed by atoms with E-state index in [1.807, 2.05) is 53.9 Å². The molecule has 230 valence electrons. The van der Waals surface area contributed by atoms with Crippen LogP contribution in [0.15, 0.2) is 108 Å². The summed E-state index contributed by atoms with van der Waals surface area (Å²) in [6, 6.07) is 26.7. The zero-order chi connectivity index (χ0) is 31.7. The van der Waals surface area contributed by atoms with Crippen LogP contribution in [0.4, 0.5) is 5.69 Å². The predicted octanol–water partition coefficient (Wildman–Crippen LogP) is 6.47. The van der Waals surface area contributed by atoms with Gasteiger partial charge < -0.3 is 5.11 Å². The van der Waals surface area contributed by atoms with Crippen LogP contribution in [-0.4, -0.2) is 33.6 Å². The summed E-state index contributed by atoms with van der Waals surface area (Å²) < 4.78 is 0. The van der Waals surface area contributed by atoms with Gasteiger partial charge >= 0.3 is 0 Å². The standard InChI is InChI=1S/C37H29ClN2O5S/c38-23-8-4-9-24(18-23)40-34(43)30-19-29-27(15-16-28-31(29)35(44)39(33(28)42)20-26-10-5-17-46-26)32(21-11-13-25(41)14-12-21)37(30,36(40)45)22-6-2-1-3-7-22/h1-15,17-18,28-32,41H,16,19-20H2/t28-,29+,30-,31-,32-,37+/m0/s1. The summed E-state index contributed by atoms with van der Waals surface area (Å²) in [5.41, 5.74) is 1.40. The Kier molecular flexibility index (Phi) is 6.78. The van der Waals surface area contributed by atoms with Crippen LogP contribution in [0.2, 0.25) is 5.02 Å². The largest absolute Gasteiger partial charge is 0.508 e. The van der Waals surface area contributed by atoms with E-state index in [2.05, 4.69) is 0 Å². The van der Waals surface area contributed by atoms with Gasteiger partial charge in [-0.2, -0.15) is 0 Å². The highest BCUT2D eigenvalue weighted by molar-refractivity contribution is 7.09. The van der Waals surface area contributed by atoms with Crippen LogP contribution < -0.4 is 4.90 Å². The molecule has 4 aromatic rings. The number of benzene rings is 3. The minimum atomic E-state index is -1.34. The minimum Gasteiger partial charge on any atom is -0.508 e. The topological polar surface area (TPSA) is 95.0 Å². The van der Waals surface area contributed by atoms with Crippen LogP contribution >= 0.6 is 22.9 Å². The summed E-state index contributed by atoms with van der Waals surface area (Å²) in [6.07, 6.45) is 2.65. The quantitative estimate of drug-likeness (QED) is 0.198. The smallest absolute Gasteiger partial charge is 0.246 e. The number of carbonyl (C=O) groups excluding carboxylic acids is 4. The number of carbonyl (C=O) groups is 4. The molecule has 0 radical (unpaired) electrons. The van der Waals surface area contributed by atoms with Crippen molar-refractivity contribution in [3.05, 3.63) is 129 Å². The zero-order valence-corrected chi connectivity index (χ0v) is 26.2. The van der Waals surface area contributed by atoms with E-state index in [-0.39, 0.29) is 42.3 Å². The molecule has 4 aliphatic rings. The highest BCUT2D eigenvalue weighted by atomic mass is 35.5. The lowest BCUT2D eigenvalue weighted by atomic mass is 9.49. The van der Waals surface area contributed by atoms with E-state index in [9.17, 15) is 19.5 Å². The first-order valence-electron chi connectivity index (χ1n) is 15.4. The Balaban J connectivity index is 1.33. The summed E-state index contributed by atoms with van der Waals surface area (Å²) in [4.78, 5) is 61.4. The Morgan fingerprint density at radius 3 is 2.35 bits per heavy atom. The van der Waals surface area contributed by atoms with E-state index < -0.39 is 35.0 Å². The molecule has 2 aliphatic carbocycles. The second-order valence-electron chi connectivity index (χ2n) is 12.5. The molecular weight excluding hydrogens is 620 g/mol. The maximum absolute atomic E-state index is 15.1. The molecule has 6 atom stereocenters. The lowest BCUT2D eigenvalue weighted by molar-refractivity contribution is -0.141. The minimum absolute atomic E-state index is 0.0780. The number of thiophene rings is 1. The van der Waals surface area contributed by atoms with Gasteiger partial charge in [-0.3, -0.25) is 24.1 Å². The molecule has 0 bridgehead atoms. The van der Waals surface area contributed by atoms with Gasteiger partial charge in [0.2, 0.25) is 23.6 Å². The molecule has 9 heteroatoms. The van der Waals surface area contributed by atoms with E-state index in [1.165, 1.54) is 21.1 Å². The first kappa shape index (κ1) is 28.9. The molecule has 8 rings (SSSR count). The van der Waals surface area contributed by atoms with Gasteiger partial charge in [0, 0.05) is 15.8 Å². The Hall–Kier alpha value is -4.53. The van der Waals surface area contributed by atoms with Crippen molar-refractivity contribution >= 4 is 52.3 Å². The van der Waals surface area contributed by atoms with Gasteiger partial charge in [-0.15, -0.1) is 11.3 Å². The summed E-state index contributed by atoms with van der Waals surface area (Å²) in [5.74, 6) is -4.09. The number of halogens is 1. The van der Waals surface area contributed by atoms with Crippen molar-refractivity contribution in [1.82, 2.24) is 4.90 Å². The number of fused-ring (bicyclic) bond motifs is 4. The van der Waals surface area contributed by atoms with Crippen LogP contribution in [0, 0.1) is 23.7 Å². The van der Waals surface area contributed by atoms with Crippen LogP contribution in [0.3, 0.4) is 0 Å². The molecule has 1 saturated carbocycles. The molecule has 1 aromatic heterocycles. The first-order chi connectivity index (χ1) is 22.3. The number of imide groups is 2. The lowest BCUT2D eigenvalue weighted by Gasteiger charge is -2.50. The number of likely N-dealkylation sites (tertiary alicyclic amines) is 1. The normalized spacial score (nSPS) is 28.6. The Morgan fingerprint density at radius 2 is 1.63 bits per heavy atom. The average molecular weight is 649 g/mol. The summed E-state index contributed by atoms with van der Waals surface area (Å²) >= 11 is 7.86. The lowest BCUT2D eigenvalue weighted by Crippen LogP contribution is -2.53. The molecule has 3 aromatic carbocycles. The fourth-order valence-electron chi connectivity index (χ4n) is 8.56. The van der Waals surface area contributed by atoms with Crippen molar-refractivity contribution in [2.45, 2.75) is 30.7 Å². The number of allylic oxidation sites excluding steroid dienone is 2. The second-order valence-corrected chi connectivity index (χ2v) is 14.0. The first-order valence-corrected chi connectivity index (χ1v) is 16.6. The van der Waals surface area contributed by atoms with Crippen LogP contribution in [-0.2, 0) is 31.1 Å². The highest BCUT2D eigenvalue weighted by Crippen LogP contribution is 2.64. The van der Waals surface area contributed by atoms with E-state index in [1.54, 1.807) is 48.5 Å². The van der Waals surface area contributed by atoms with Gasteiger partial charge in [0.05, 0.1) is 35.4 Å². The molecule has 0 unspecified atom stereocenters. The van der Waals surface area contributed by atoms with Gasteiger partial charge in [-0.1, -0.05) is 77.8 Å². The molecular formula is C37H29ClN2O5S. The fraction of sp³-hybridized carbons (Fsp3) is 0.243. The molecule has 0 spiro atoms. The molecule has 1 N–H and O–H groups in total. The third kappa shape index (κ3) is 4.09. The Bertz CT molecular complexity index is 1920. The number of hydrogen-bond donors (Lipinski definition) is 1. The number of anilines is 1. The molecule has 7 nitrogen and oxygen atoms in total. The van der Waals surface area contributed by atoms with Crippen molar-refractivity contribution < 1.29 is 24.3 Å². The number of nitrogens with zero attached hydrogens (tertiary/aromatic N) is 2. The van der Waals surface area contributed by atoms with Crippen molar-refractivity contribution in [2.75, 3.05) is 4.90 Å². The summed E-state index contributed by atoms with van der Waals surface area (Å²) in [7, 11) is 0. The number of rotatable bonds is 5. The maximum Gasteiger partial charge on any atom is 0.246 e. The molecule has 3 heterocycles. The fourth-order valence-corrected chi connectivity index (χ4v) is 9.44. The maximum atomic E-state index is 15.1. The SMILES string of the molecule is O=C1[C@H]2[C@H](CC=C3[C@H]2C[C@H]2C(=O)N(c4cccc(Cl)c4)C(=O)[C@@]2(c2ccccc2)[C@H]3c2ccc(O)cc2)C(=O)N1Cc1cccs1. The van der Waals surface area contributed by atoms with E-state index in [0.29, 0.717) is 22.7 Å². The van der Waals surface area contributed by atoms with Crippen molar-refractivity contribution in [3.63, 3.8) is 0 Å².